The third-order valence-electron chi connectivity index (χ3n) is 5.12. The minimum Gasteiger partial charge on any atom is -0.326 e. The summed E-state index contributed by atoms with van der Waals surface area (Å²) in [6.45, 7) is 5.22. The van der Waals surface area contributed by atoms with Crippen molar-refractivity contribution in [1.82, 2.24) is 14.8 Å². The average molecular weight is 377 g/mol. The predicted octanol–water partition coefficient (Wildman–Crippen LogP) is 3.67. The molecule has 1 aromatic carbocycles. The summed E-state index contributed by atoms with van der Waals surface area (Å²) >= 11 is 0. The molecule has 28 heavy (non-hydrogen) atoms. The molecule has 1 aliphatic carbocycles. The first-order chi connectivity index (χ1) is 13.3. The van der Waals surface area contributed by atoms with Gasteiger partial charge in [-0.05, 0) is 50.5 Å². The molecule has 1 saturated carbocycles. The number of hydrogen-bond acceptors (Lipinski definition) is 4. The van der Waals surface area contributed by atoms with Gasteiger partial charge in [0, 0.05) is 37.0 Å². The lowest BCUT2D eigenvalue weighted by Gasteiger charge is -2.14. The molecule has 3 aromatic rings. The Morgan fingerprint density at radius 1 is 1.14 bits per heavy atom. The number of benzene rings is 1. The zero-order valence-electron chi connectivity index (χ0n) is 16.5. The van der Waals surface area contributed by atoms with Crippen LogP contribution in [-0.2, 0) is 11.8 Å². The van der Waals surface area contributed by atoms with Gasteiger partial charge in [-0.3, -0.25) is 14.3 Å². The summed E-state index contributed by atoms with van der Waals surface area (Å²) in [6, 6.07) is 7.35. The van der Waals surface area contributed by atoms with Gasteiger partial charge in [0.05, 0.1) is 16.6 Å². The van der Waals surface area contributed by atoms with Gasteiger partial charge in [0.25, 0.3) is 5.91 Å². The predicted molar refractivity (Wildman–Crippen MR) is 109 cm³/mol. The number of nitrogens with zero attached hydrogens (tertiary/aromatic N) is 3. The van der Waals surface area contributed by atoms with Gasteiger partial charge in [0.1, 0.15) is 0 Å². The van der Waals surface area contributed by atoms with Crippen LogP contribution in [0.2, 0.25) is 0 Å². The van der Waals surface area contributed by atoms with Crippen LogP contribution in [0.25, 0.3) is 11.0 Å². The molecule has 7 nitrogen and oxygen atoms in total. The van der Waals surface area contributed by atoms with Crippen molar-refractivity contribution in [1.29, 1.82) is 0 Å². The van der Waals surface area contributed by atoms with Crippen molar-refractivity contribution >= 4 is 34.2 Å². The van der Waals surface area contributed by atoms with E-state index in [2.05, 4.69) is 15.7 Å². The largest absolute Gasteiger partial charge is 0.326 e. The van der Waals surface area contributed by atoms with Gasteiger partial charge >= 0.3 is 0 Å². The first-order valence-corrected chi connectivity index (χ1v) is 9.38. The second kappa shape index (κ2) is 6.74. The van der Waals surface area contributed by atoms with Crippen LogP contribution < -0.4 is 10.6 Å². The van der Waals surface area contributed by atoms with Crippen LogP contribution in [0.4, 0.5) is 11.4 Å². The van der Waals surface area contributed by atoms with Gasteiger partial charge in [-0.1, -0.05) is 6.07 Å². The second-order valence-corrected chi connectivity index (χ2v) is 7.39. The van der Waals surface area contributed by atoms with Crippen molar-refractivity contribution in [2.45, 2.75) is 39.5 Å². The van der Waals surface area contributed by atoms with Crippen molar-refractivity contribution in [2.75, 3.05) is 10.6 Å². The summed E-state index contributed by atoms with van der Waals surface area (Å²) in [4.78, 5) is 29.4. The van der Waals surface area contributed by atoms with E-state index in [1.807, 2.05) is 39.1 Å². The van der Waals surface area contributed by atoms with Crippen molar-refractivity contribution in [3.8, 4) is 0 Å². The Hall–Kier alpha value is -3.22. The molecule has 4 rings (SSSR count). The lowest BCUT2D eigenvalue weighted by molar-refractivity contribution is -0.114. The fourth-order valence-corrected chi connectivity index (χ4v) is 3.52. The molecule has 2 aromatic heterocycles. The van der Waals surface area contributed by atoms with Crippen LogP contribution in [0.5, 0.6) is 0 Å². The van der Waals surface area contributed by atoms with Gasteiger partial charge < -0.3 is 10.6 Å². The normalized spacial score (nSPS) is 13.6. The minimum absolute atomic E-state index is 0.150. The second-order valence-electron chi connectivity index (χ2n) is 7.39. The fourth-order valence-electron chi connectivity index (χ4n) is 3.52. The average Bonchev–Trinajstić information content (AvgIpc) is 3.44. The Labute approximate surface area is 163 Å². The molecule has 2 N–H and O–H groups in total. The van der Waals surface area contributed by atoms with Gasteiger partial charge in [-0.25, -0.2) is 4.98 Å². The topological polar surface area (TPSA) is 88.9 Å². The van der Waals surface area contributed by atoms with Crippen LogP contribution in [0.1, 0.15) is 53.0 Å². The van der Waals surface area contributed by atoms with Gasteiger partial charge in [-0.2, -0.15) is 5.10 Å². The van der Waals surface area contributed by atoms with Crippen molar-refractivity contribution in [3.05, 3.63) is 46.8 Å². The molecule has 144 valence electrons. The van der Waals surface area contributed by atoms with Crippen molar-refractivity contribution in [3.63, 3.8) is 0 Å². The lowest BCUT2D eigenvalue weighted by Crippen LogP contribution is -2.15. The van der Waals surface area contributed by atoms with E-state index >= 15 is 0 Å². The maximum absolute atomic E-state index is 13.2. The maximum Gasteiger partial charge on any atom is 0.256 e. The molecule has 1 fully saturated rings. The molecule has 7 heteroatoms. The molecular formula is C21H23N5O2. The molecule has 0 unspecified atom stereocenters. The number of amides is 2. The molecule has 0 bridgehead atoms. The number of aromatic nitrogens is 3. The van der Waals surface area contributed by atoms with E-state index in [4.69, 9.17) is 4.98 Å². The first-order valence-electron chi connectivity index (χ1n) is 9.38. The molecule has 1 aliphatic rings. The van der Waals surface area contributed by atoms with E-state index in [-0.39, 0.29) is 11.8 Å². The summed E-state index contributed by atoms with van der Waals surface area (Å²) in [7, 11) is 1.85. The van der Waals surface area contributed by atoms with Gasteiger partial charge in [-0.15, -0.1) is 0 Å². The molecule has 0 atom stereocenters. The summed E-state index contributed by atoms with van der Waals surface area (Å²) in [6.07, 6.45) is 2.21. The fraction of sp³-hybridized carbons (Fsp3) is 0.333. The number of anilines is 2. The highest BCUT2D eigenvalue weighted by Crippen LogP contribution is 2.40. The molecule has 0 radical (unpaired) electrons. The van der Waals surface area contributed by atoms with E-state index in [0.717, 1.165) is 40.8 Å². The smallest absolute Gasteiger partial charge is 0.256 e. The van der Waals surface area contributed by atoms with Crippen LogP contribution in [0.15, 0.2) is 24.3 Å². The number of carbonyl (C=O) groups excluding carboxylic acids is 2. The Bertz CT molecular complexity index is 1110. The summed E-state index contributed by atoms with van der Waals surface area (Å²) in [5.74, 6) is 0.0759. The van der Waals surface area contributed by atoms with Crippen LogP contribution in [-0.4, -0.2) is 26.6 Å². The molecule has 2 heterocycles. The monoisotopic (exact) mass is 377 g/mol. The third kappa shape index (κ3) is 3.24. The van der Waals surface area contributed by atoms with Crippen LogP contribution >= 0.6 is 0 Å². The zero-order chi connectivity index (χ0) is 20.0. The van der Waals surface area contributed by atoms with Crippen LogP contribution in [0.3, 0.4) is 0 Å². The third-order valence-corrected chi connectivity index (χ3v) is 5.12. The summed E-state index contributed by atoms with van der Waals surface area (Å²) in [5.41, 5.74) is 5.20. The Kier molecular flexibility index (Phi) is 4.37. The van der Waals surface area contributed by atoms with Crippen molar-refractivity contribution in [2.24, 2.45) is 7.05 Å². The van der Waals surface area contributed by atoms with E-state index in [0.29, 0.717) is 22.9 Å². The molecule has 0 spiro atoms. The number of nitrogens with one attached hydrogen (secondary N) is 2. The van der Waals surface area contributed by atoms with Gasteiger partial charge in [0.15, 0.2) is 5.65 Å². The number of rotatable bonds is 4. The molecular weight excluding hydrogens is 354 g/mol. The standard InChI is InChI=1S/C21H23N5O2/c1-11-16(22-13(3)27)6-5-7-17(11)24-21(28)15-10-18(14-8-9-14)23-20-19(15)12(2)25-26(20)4/h5-7,10,14H,8-9H2,1-4H3,(H,22,27)(H,24,28). The number of hydrogen-bond donors (Lipinski definition) is 2. The zero-order valence-corrected chi connectivity index (χ0v) is 16.5. The highest BCUT2D eigenvalue weighted by atomic mass is 16.2. The highest BCUT2D eigenvalue weighted by molar-refractivity contribution is 6.13. The van der Waals surface area contributed by atoms with E-state index < -0.39 is 0 Å². The number of aryl methyl sites for hydroxylation is 2. The summed E-state index contributed by atoms with van der Waals surface area (Å²) in [5, 5.41) is 11.0. The Morgan fingerprint density at radius 2 is 1.82 bits per heavy atom. The van der Waals surface area contributed by atoms with Crippen LogP contribution in [0, 0.1) is 13.8 Å². The minimum atomic E-state index is -0.200. The summed E-state index contributed by atoms with van der Waals surface area (Å²) < 4.78 is 1.73. The number of pyridine rings is 1. The molecule has 2 amide bonds. The lowest BCUT2D eigenvalue weighted by atomic mass is 10.1. The quantitative estimate of drug-likeness (QED) is 0.726. The maximum atomic E-state index is 13.2. The Morgan fingerprint density at radius 3 is 2.46 bits per heavy atom. The highest BCUT2D eigenvalue weighted by Gasteiger charge is 2.28. The van der Waals surface area contributed by atoms with E-state index in [9.17, 15) is 9.59 Å². The van der Waals surface area contributed by atoms with Gasteiger partial charge in [0.2, 0.25) is 5.91 Å². The molecule has 0 saturated heterocycles. The Balaban J connectivity index is 1.75. The number of carbonyl (C=O) groups is 2. The SMILES string of the molecule is CC(=O)Nc1cccc(NC(=O)c2cc(C3CC3)nc3c2c(C)nn3C)c1C. The van der Waals surface area contributed by atoms with Crippen molar-refractivity contribution < 1.29 is 9.59 Å². The van der Waals surface area contributed by atoms with E-state index in [1.54, 1.807) is 10.7 Å². The first kappa shape index (κ1) is 18.2. The van der Waals surface area contributed by atoms with E-state index in [1.165, 1.54) is 6.92 Å². The number of fused-ring (bicyclic) bond motifs is 1. The molecule has 0 aliphatic heterocycles.